The number of benzene rings is 4. The third-order valence-electron chi connectivity index (χ3n) is 9.77. The highest BCUT2D eigenvalue weighted by Crippen LogP contribution is 2.37. The van der Waals surface area contributed by atoms with Gasteiger partial charge >= 0.3 is 5.97 Å². The maximum absolute atomic E-state index is 15.7. The van der Waals surface area contributed by atoms with Gasteiger partial charge in [0.15, 0.2) is 17.3 Å². The summed E-state index contributed by atoms with van der Waals surface area (Å²) in [7, 11) is 1.98. The Kier molecular flexibility index (Phi) is 12.0. The van der Waals surface area contributed by atoms with Crippen molar-refractivity contribution in [1.82, 2.24) is 14.9 Å². The number of hydrogen-bond donors (Lipinski definition) is 3. The number of pyridine rings is 2. The summed E-state index contributed by atoms with van der Waals surface area (Å²) in [6.45, 7) is 1.11. The molecule has 0 spiro atoms. The SMILES string of the molecule is CN1CCC(C(=O)OCc2[nH]cc(-c3ccc(F)cc3)c(=O)c2C(=O)Nc2ccc(Oc3ccnc(NC(c4ccccc4)c4ccccc4)c3Cl)c(F)c2)CC1. The molecule has 2 aromatic heterocycles. The molecule has 1 amide bonds. The highest BCUT2D eigenvalue weighted by Gasteiger charge is 2.27. The van der Waals surface area contributed by atoms with E-state index in [1.165, 1.54) is 54.9 Å². The molecule has 4 aromatic carbocycles. The molecule has 0 atom stereocenters. The van der Waals surface area contributed by atoms with Crippen LogP contribution in [0.5, 0.6) is 11.5 Å². The zero-order valence-corrected chi connectivity index (χ0v) is 31.6. The molecule has 3 heterocycles. The number of piperidine rings is 1. The average molecular weight is 790 g/mol. The number of amides is 1. The Bertz CT molecular complexity index is 2390. The maximum atomic E-state index is 15.7. The van der Waals surface area contributed by atoms with Crippen molar-refractivity contribution in [2.45, 2.75) is 25.5 Å². The topological polar surface area (TPSA) is 126 Å². The molecule has 0 unspecified atom stereocenters. The Balaban J connectivity index is 1.10. The van der Waals surface area contributed by atoms with E-state index in [1.807, 2.05) is 67.7 Å². The van der Waals surface area contributed by atoms with Crippen LogP contribution < -0.4 is 20.8 Å². The summed E-state index contributed by atoms with van der Waals surface area (Å²) in [5.74, 6) is -2.68. The highest BCUT2D eigenvalue weighted by atomic mass is 35.5. The van der Waals surface area contributed by atoms with Gasteiger partial charge in [-0.05, 0) is 73.9 Å². The number of aromatic nitrogens is 2. The summed E-state index contributed by atoms with van der Waals surface area (Å²) in [4.78, 5) is 50.1. The van der Waals surface area contributed by atoms with Crippen LogP contribution in [0, 0.1) is 17.6 Å². The number of esters is 1. The van der Waals surface area contributed by atoms with Crippen molar-refractivity contribution in [3.8, 4) is 22.6 Å². The van der Waals surface area contributed by atoms with E-state index < -0.39 is 28.9 Å². The second-order valence-electron chi connectivity index (χ2n) is 13.6. The standard InChI is InChI=1S/C44H38ClF2N5O5/c1-52-22-19-30(20-23-52)44(55)56-26-35-38(41(53)33(25-49-35)27-12-14-31(46)15-13-27)43(54)50-32-16-17-36(34(47)24-32)57-37-18-21-48-42(39(37)45)51-40(28-8-4-2-5-9-28)29-10-6-3-7-11-29/h2-18,21,24-25,30,40H,19-20,22-23,26H2,1H3,(H,48,51)(H,49,53)(H,50,54). The quantitative estimate of drug-likeness (QED) is 0.105. The number of aromatic amines is 1. The van der Waals surface area contributed by atoms with Crippen LogP contribution in [0.25, 0.3) is 11.1 Å². The van der Waals surface area contributed by atoms with Crippen LogP contribution in [0.15, 0.2) is 126 Å². The Labute approximate surface area is 332 Å². The number of carbonyl (C=O) groups is 2. The van der Waals surface area contributed by atoms with Crippen LogP contribution in [0.1, 0.15) is 46.1 Å². The lowest BCUT2D eigenvalue weighted by molar-refractivity contribution is -0.151. The van der Waals surface area contributed by atoms with Crippen molar-refractivity contribution in [1.29, 1.82) is 0 Å². The highest BCUT2D eigenvalue weighted by molar-refractivity contribution is 6.34. The summed E-state index contributed by atoms with van der Waals surface area (Å²) in [6, 6.07) is 29.7. The lowest BCUT2D eigenvalue weighted by Gasteiger charge is -2.27. The van der Waals surface area contributed by atoms with Crippen molar-refractivity contribution in [2.75, 3.05) is 30.8 Å². The van der Waals surface area contributed by atoms with Gasteiger partial charge in [-0.25, -0.2) is 13.8 Å². The van der Waals surface area contributed by atoms with Gasteiger partial charge in [0.1, 0.15) is 28.8 Å². The second kappa shape index (κ2) is 17.6. The van der Waals surface area contributed by atoms with E-state index in [0.717, 1.165) is 30.3 Å². The minimum absolute atomic E-state index is 0.0162. The van der Waals surface area contributed by atoms with Crippen LogP contribution in [-0.4, -0.2) is 46.9 Å². The molecule has 290 valence electrons. The fourth-order valence-electron chi connectivity index (χ4n) is 6.64. The molecule has 0 radical (unpaired) electrons. The van der Waals surface area contributed by atoms with Crippen molar-refractivity contribution in [3.05, 3.63) is 171 Å². The number of carbonyl (C=O) groups excluding carboxylic acids is 2. The maximum Gasteiger partial charge on any atom is 0.309 e. The molecule has 0 bridgehead atoms. The van der Waals surface area contributed by atoms with Crippen molar-refractivity contribution in [2.24, 2.45) is 5.92 Å². The Morgan fingerprint density at radius 3 is 2.23 bits per heavy atom. The zero-order chi connectivity index (χ0) is 39.9. The number of anilines is 2. The fraction of sp³-hybridized carbons (Fsp3) is 0.182. The fourth-order valence-corrected chi connectivity index (χ4v) is 6.84. The van der Waals surface area contributed by atoms with Crippen molar-refractivity contribution < 1.29 is 27.8 Å². The first-order chi connectivity index (χ1) is 27.6. The molecule has 0 aliphatic carbocycles. The summed E-state index contributed by atoms with van der Waals surface area (Å²) in [5.41, 5.74) is 1.41. The Hall–Kier alpha value is -6.37. The van der Waals surface area contributed by atoms with Gasteiger partial charge < -0.3 is 30.0 Å². The van der Waals surface area contributed by atoms with E-state index in [4.69, 9.17) is 21.1 Å². The molecule has 3 N–H and O–H groups in total. The molecule has 0 saturated carbocycles. The summed E-state index contributed by atoms with van der Waals surface area (Å²) in [5, 5.41) is 6.09. The molecule has 6 aromatic rings. The average Bonchev–Trinajstić information content (AvgIpc) is 3.22. The Morgan fingerprint density at radius 1 is 0.912 bits per heavy atom. The largest absolute Gasteiger partial charge is 0.459 e. The molecule has 1 saturated heterocycles. The molecular formula is C44H38ClF2N5O5. The van der Waals surface area contributed by atoms with E-state index in [2.05, 4.69) is 25.5 Å². The zero-order valence-electron chi connectivity index (χ0n) is 30.8. The molecule has 1 aliphatic rings. The summed E-state index contributed by atoms with van der Waals surface area (Å²) < 4.78 is 40.8. The molecule has 13 heteroatoms. The van der Waals surface area contributed by atoms with E-state index in [-0.39, 0.29) is 57.6 Å². The van der Waals surface area contributed by atoms with Crippen molar-refractivity contribution >= 4 is 35.0 Å². The van der Waals surface area contributed by atoms with Gasteiger partial charge in [-0.1, -0.05) is 84.4 Å². The number of halogens is 3. The third kappa shape index (κ3) is 9.20. The van der Waals surface area contributed by atoms with Gasteiger partial charge in [0, 0.05) is 35.8 Å². The first-order valence-electron chi connectivity index (χ1n) is 18.3. The monoisotopic (exact) mass is 789 g/mol. The van der Waals surface area contributed by atoms with E-state index in [1.54, 1.807) is 0 Å². The molecule has 1 fully saturated rings. The smallest absolute Gasteiger partial charge is 0.309 e. The third-order valence-corrected chi connectivity index (χ3v) is 10.1. The van der Waals surface area contributed by atoms with Gasteiger partial charge in [0.2, 0.25) is 5.43 Å². The first kappa shape index (κ1) is 38.9. The van der Waals surface area contributed by atoms with E-state index in [9.17, 15) is 18.8 Å². The van der Waals surface area contributed by atoms with E-state index >= 15 is 4.39 Å². The number of nitrogens with zero attached hydrogens (tertiary/aromatic N) is 2. The molecular weight excluding hydrogens is 752 g/mol. The van der Waals surface area contributed by atoms with Gasteiger partial charge in [-0.15, -0.1) is 0 Å². The van der Waals surface area contributed by atoms with Crippen LogP contribution in [0.2, 0.25) is 5.02 Å². The minimum Gasteiger partial charge on any atom is -0.459 e. The van der Waals surface area contributed by atoms with Crippen molar-refractivity contribution in [3.63, 3.8) is 0 Å². The van der Waals surface area contributed by atoms with Gasteiger partial charge in [-0.3, -0.25) is 14.4 Å². The number of rotatable bonds is 12. The minimum atomic E-state index is -0.877. The predicted octanol–water partition coefficient (Wildman–Crippen LogP) is 9.00. The van der Waals surface area contributed by atoms with Crippen LogP contribution in [-0.2, 0) is 16.1 Å². The van der Waals surface area contributed by atoms with Gasteiger partial charge in [-0.2, -0.15) is 0 Å². The number of ether oxygens (including phenoxy) is 2. The van der Waals surface area contributed by atoms with Gasteiger partial charge in [0.25, 0.3) is 5.91 Å². The lowest BCUT2D eigenvalue weighted by Crippen LogP contribution is -2.34. The lowest BCUT2D eigenvalue weighted by atomic mass is 9.97. The number of likely N-dealkylation sites (tertiary alicyclic amines) is 1. The number of nitrogens with one attached hydrogen (secondary N) is 3. The number of H-pyrrole nitrogens is 1. The normalized spacial score (nSPS) is 13.3. The van der Waals surface area contributed by atoms with Gasteiger partial charge in [0.05, 0.1) is 17.7 Å². The Morgan fingerprint density at radius 2 is 1.58 bits per heavy atom. The van der Waals surface area contributed by atoms with Crippen LogP contribution >= 0.6 is 11.6 Å². The molecule has 57 heavy (non-hydrogen) atoms. The number of hydrogen-bond acceptors (Lipinski definition) is 8. The van der Waals surface area contributed by atoms with Crippen LogP contribution in [0.4, 0.5) is 20.3 Å². The second-order valence-corrected chi connectivity index (χ2v) is 14.0. The summed E-state index contributed by atoms with van der Waals surface area (Å²) >= 11 is 6.77. The van der Waals surface area contributed by atoms with Crippen LogP contribution in [0.3, 0.4) is 0 Å². The first-order valence-corrected chi connectivity index (χ1v) is 18.7. The summed E-state index contributed by atoms with van der Waals surface area (Å²) in [6.07, 6.45) is 4.12. The van der Waals surface area contributed by atoms with E-state index in [0.29, 0.717) is 24.2 Å². The molecule has 10 nitrogen and oxygen atoms in total. The predicted molar refractivity (Wildman–Crippen MR) is 214 cm³/mol. The molecule has 1 aliphatic heterocycles. The molecule has 7 rings (SSSR count).